The van der Waals surface area contributed by atoms with Gasteiger partial charge >= 0.3 is 0 Å². The Bertz CT molecular complexity index is 428. The molecule has 1 aliphatic heterocycles. The number of ether oxygens (including phenoxy) is 1. The largest absolute Gasteiger partial charge is 0.494 e. The number of aliphatic hydroxyl groups is 1. The van der Waals surface area contributed by atoms with Crippen LogP contribution in [0.5, 0.6) is 5.75 Å². The first-order valence-electron chi connectivity index (χ1n) is 7.24. The average Bonchev–Trinajstić information content (AvgIpc) is 2.48. The quantitative estimate of drug-likeness (QED) is 0.797. The van der Waals surface area contributed by atoms with Crippen LogP contribution >= 0.6 is 28.3 Å². The zero-order valence-corrected chi connectivity index (χ0v) is 14.8. The van der Waals surface area contributed by atoms with Crippen LogP contribution in [0.4, 0.5) is 0 Å². The highest BCUT2D eigenvalue weighted by Crippen LogP contribution is 2.34. The van der Waals surface area contributed by atoms with Crippen molar-refractivity contribution in [3.8, 4) is 5.75 Å². The molecule has 2 N–H and O–H groups in total. The van der Waals surface area contributed by atoms with Crippen LogP contribution in [-0.4, -0.2) is 49.4 Å². The highest BCUT2D eigenvalue weighted by molar-refractivity contribution is 9.10. The van der Waals surface area contributed by atoms with Crippen LogP contribution in [0.3, 0.4) is 0 Å². The highest BCUT2D eigenvalue weighted by atomic mass is 79.9. The minimum Gasteiger partial charge on any atom is -0.494 e. The molecule has 0 aliphatic carbocycles. The van der Waals surface area contributed by atoms with E-state index in [1.807, 2.05) is 19.1 Å². The van der Waals surface area contributed by atoms with Crippen molar-refractivity contribution in [2.45, 2.75) is 19.4 Å². The Morgan fingerprint density at radius 2 is 2.10 bits per heavy atom. The maximum atomic E-state index is 9.42. The van der Waals surface area contributed by atoms with E-state index in [9.17, 15) is 5.11 Å². The van der Waals surface area contributed by atoms with E-state index in [0.717, 1.165) is 48.4 Å². The lowest BCUT2D eigenvalue weighted by atomic mass is 10.0. The third-order valence-electron chi connectivity index (χ3n) is 3.63. The monoisotopic (exact) mass is 378 g/mol. The number of nitrogens with zero attached hydrogens (tertiary/aromatic N) is 1. The van der Waals surface area contributed by atoms with E-state index in [2.05, 4.69) is 32.2 Å². The molecule has 0 aromatic heterocycles. The lowest BCUT2D eigenvalue weighted by Crippen LogP contribution is -2.45. The summed E-state index contributed by atoms with van der Waals surface area (Å²) >= 11 is 3.54. The van der Waals surface area contributed by atoms with Crippen LogP contribution in [0.25, 0.3) is 0 Å². The van der Waals surface area contributed by atoms with Gasteiger partial charge in [0, 0.05) is 48.9 Å². The first-order chi connectivity index (χ1) is 9.76. The molecule has 2 rings (SSSR count). The van der Waals surface area contributed by atoms with Crippen molar-refractivity contribution in [1.29, 1.82) is 0 Å². The van der Waals surface area contributed by atoms with E-state index in [4.69, 9.17) is 4.74 Å². The predicted molar refractivity (Wildman–Crippen MR) is 91.4 cm³/mol. The fraction of sp³-hybridized carbons (Fsp3) is 0.600. The minimum absolute atomic E-state index is 0. The van der Waals surface area contributed by atoms with Crippen molar-refractivity contribution >= 4 is 28.3 Å². The van der Waals surface area contributed by atoms with Crippen molar-refractivity contribution in [2.24, 2.45) is 0 Å². The first-order valence-corrected chi connectivity index (χ1v) is 8.03. The SMILES string of the molecule is CCOc1ccc(Br)cc1[C@@H](CCO)N1CCNCC1.Cl. The second-order valence-corrected chi connectivity index (χ2v) is 5.84. The molecule has 1 heterocycles. The van der Waals surface area contributed by atoms with Crippen LogP contribution in [0.1, 0.15) is 24.9 Å². The van der Waals surface area contributed by atoms with Gasteiger partial charge in [0.2, 0.25) is 0 Å². The molecule has 1 aromatic carbocycles. The van der Waals surface area contributed by atoms with Crippen LogP contribution in [0.15, 0.2) is 22.7 Å². The summed E-state index contributed by atoms with van der Waals surface area (Å²) in [7, 11) is 0. The Balaban J connectivity index is 0.00000220. The molecule has 0 saturated carbocycles. The number of aliphatic hydroxyl groups excluding tert-OH is 1. The number of benzene rings is 1. The maximum absolute atomic E-state index is 9.42. The van der Waals surface area contributed by atoms with Gasteiger partial charge < -0.3 is 15.2 Å². The Kier molecular flexibility index (Phi) is 8.59. The van der Waals surface area contributed by atoms with Crippen molar-refractivity contribution in [2.75, 3.05) is 39.4 Å². The molecule has 0 radical (unpaired) electrons. The molecule has 1 atom stereocenters. The van der Waals surface area contributed by atoms with Crippen LogP contribution < -0.4 is 10.1 Å². The number of halogens is 2. The normalized spacial score (nSPS) is 17.1. The summed E-state index contributed by atoms with van der Waals surface area (Å²) in [5.74, 6) is 0.924. The van der Waals surface area contributed by atoms with Crippen LogP contribution in [0.2, 0.25) is 0 Å². The van der Waals surface area contributed by atoms with Gasteiger partial charge in [0.25, 0.3) is 0 Å². The Morgan fingerprint density at radius 3 is 2.71 bits per heavy atom. The molecule has 1 aliphatic rings. The molecule has 1 fully saturated rings. The Labute approximate surface area is 141 Å². The summed E-state index contributed by atoms with van der Waals surface area (Å²) in [5, 5.41) is 12.8. The van der Waals surface area contributed by atoms with Crippen molar-refractivity contribution in [3.05, 3.63) is 28.2 Å². The topological polar surface area (TPSA) is 44.7 Å². The van der Waals surface area contributed by atoms with Crippen LogP contribution in [0, 0.1) is 0 Å². The highest BCUT2D eigenvalue weighted by Gasteiger charge is 2.24. The smallest absolute Gasteiger partial charge is 0.124 e. The van der Waals surface area contributed by atoms with Gasteiger partial charge in [-0.3, -0.25) is 4.90 Å². The Hall–Kier alpha value is -0.330. The van der Waals surface area contributed by atoms with Crippen molar-refractivity contribution in [1.82, 2.24) is 10.2 Å². The van der Waals surface area contributed by atoms with Crippen molar-refractivity contribution in [3.63, 3.8) is 0 Å². The van der Waals surface area contributed by atoms with Gasteiger partial charge in [-0.15, -0.1) is 12.4 Å². The van der Waals surface area contributed by atoms with Gasteiger partial charge in [0.15, 0.2) is 0 Å². The molecule has 4 nitrogen and oxygen atoms in total. The molecule has 0 amide bonds. The summed E-state index contributed by atoms with van der Waals surface area (Å²) in [6.07, 6.45) is 0.733. The third-order valence-corrected chi connectivity index (χ3v) is 4.12. The first kappa shape index (κ1) is 18.7. The van der Waals surface area contributed by atoms with E-state index in [1.54, 1.807) is 0 Å². The Morgan fingerprint density at radius 1 is 1.38 bits per heavy atom. The molecule has 1 saturated heterocycles. The zero-order chi connectivity index (χ0) is 14.4. The summed E-state index contributed by atoms with van der Waals surface area (Å²) in [5.41, 5.74) is 1.16. The average molecular weight is 380 g/mol. The summed E-state index contributed by atoms with van der Waals surface area (Å²) < 4.78 is 6.82. The van der Waals surface area contributed by atoms with Gasteiger partial charge in [-0.2, -0.15) is 0 Å². The van der Waals surface area contributed by atoms with E-state index < -0.39 is 0 Å². The molecule has 0 spiro atoms. The molecule has 0 unspecified atom stereocenters. The molecule has 0 bridgehead atoms. The number of rotatable bonds is 6. The third kappa shape index (κ3) is 5.11. The summed E-state index contributed by atoms with van der Waals surface area (Å²) in [6, 6.07) is 6.34. The van der Waals surface area contributed by atoms with E-state index >= 15 is 0 Å². The van der Waals surface area contributed by atoms with Gasteiger partial charge in [-0.25, -0.2) is 0 Å². The molecule has 1 aromatic rings. The maximum Gasteiger partial charge on any atom is 0.124 e. The number of hydrogen-bond donors (Lipinski definition) is 2. The molecule has 21 heavy (non-hydrogen) atoms. The van der Waals surface area contributed by atoms with Gasteiger partial charge in [-0.1, -0.05) is 15.9 Å². The zero-order valence-electron chi connectivity index (χ0n) is 12.3. The summed E-state index contributed by atoms with van der Waals surface area (Å²) in [4.78, 5) is 2.43. The molecule has 6 heteroatoms. The number of nitrogens with one attached hydrogen (secondary N) is 1. The number of piperazine rings is 1. The standard InChI is InChI=1S/C15H23BrN2O2.ClH/c1-2-20-15-4-3-12(16)11-13(15)14(5-10-19)18-8-6-17-7-9-18;/h3-4,11,14,17,19H,2,5-10H2,1H3;1H/t14-;/m1./s1. The lowest BCUT2D eigenvalue weighted by molar-refractivity contribution is 0.138. The van der Waals surface area contributed by atoms with Crippen molar-refractivity contribution < 1.29 is 9.84 Å². The number of hydrogen-bond acceptors (Lipinski definition) is 4. The van der Waals surface area contributed by atoms with E-state index in [-0.39, 0.29) is 25.1 Å². The van der Waals surface area contributed by atoms with Gasteiger partial charge in [0.05, 0.1) is 6.61 Å². The minimum atomic E-state index is 0. The van der Waals surface area contributed by atoms with Crippen LogP contribution in [-0.2, 0) is 0 Å². The second-order valence-electron chi connectivity index (χ2n) is 4.93. The van der Waals surface area contributed by atoms with E-state index in [1.165, 1.54) is 0 Å². The lowest BCUT2D eigenvalue weighted by Gasteiger charge is -2.35. The predicted octanol–water partition coefficient (Wildman–Crippen LogP) is 2.60. The molecular weight excluding hydrogens is 356 g/mol. The fourth-order valence-electron chi connectivity index (χ4n) is 2.72. The fourth-order valence-corrected chi connectivity index (χ4v) is 3.10. The summed E-state index contributed by atoms with van der Waals surface area (Å²) in [6.45, 7) is 6.84. The van der Waals surface area contributed by atoms with Gasteiger partial charge in [0.1, 0.15) is 5.75 Å². The van der Waals surface area contributed by atoms with E-state index in [0.29, 0.717) is 6.61 Å². The second kappa shape index (κ2) is 9.64. The molecule has 120 valence electrons. The molecular formula is C15H24BrClN2O2. The van der Waals surface area contributed by atoms with Gasteiger partial charge in [-0.05, 0) is 31.5 Å².